The number of hydrogen-bond donors (Lipinski definition) is 1. The minimum atomic E-state index is -0.451. The second-order valence-electron chi connectivity index (χ2n) is 8.52. The van der Waals surface area contributed by atoms with E-state index in [0.717, 1.165) is 54.2 Å². The van der Waals surface area contributed by atoms with Gasteiger partial charge in [-0.05, 0) is 61.8 Å². The number of ether oxygens (including phenoxy) is 1. The summed E-state index contributed by atoms with van der Waals surface area (Å²) < 4.78 is 6.59. The van der Waals surface area contributed by atoms with Crippen LogP contribution in [0.1, 0.15) is 45.1 Å². The highest BCUT2D eigenvalue weighted by molar-refractivity contribution is 9.10. The maximum atomic E-state index is 13.2. The van der Waals surface area contributed by atoms with Gasteiger partial charge in [0.25, 0.3) is 0 Å². The van der Waals surface area contributed by atoms with Gasteiger partial charge in [-0.25, -0.2) is 0 Å². The number of amides is 1. The van der Waals surface area contributed by atoms with Gasteiger partial charge in [0.05, 0.1) is 5.41 Å². The normalized spacial score (nSPS) is 25.9. The summed E-state index contributed by atoms with van der Waals surface area (Å²) in [5.41, 5.74) is 0.651. The zero-order valence-electron chi connectivity index (χ0n) is 16.7. The molecule has 2 fully saturated rings. The van der Waals surface area contributed by atoms with Gasteiger partial charge in [0.1, 0.15) is 0 Å². The minimum absolute atomic E-state index is 0.161. The summed E-state index contributed by atoms with van der Waals surface area (Å²) in [6, 6.07) is 8.20. The highest BCUT2D eigenvalue weighted by Crippen LogP contribution is 2.35. The summed E-state index contributed by atoms with van der Waals surface area (Å²) >= 11 is 3.49. The molecular weight excluding hydrogens is 404 g/mol. The lowest BCUT2D eigenvalue weighted by molar-refractivity contribution is -0.130. The Morgan fingerprint density at radius 2 is 1.81 bits per heavy atom. The first-order valence-corrected chi connectivity index (χ1v) is 11.1. The third-order valence-corrected chi connectivity index (χ3v) is 6.59. The first-order chi connectivity index (χ1) is 13.0. The van der Waals surface area contributed by atoms with Gasteiger partial charge >= 0.3 is 0 Å². The van der Waals surface area contributed by atoms with Crippen LogP contribution in [0.5, 0.6) is 0 Å². The molecule has 0 spiro atoms. The molecule has 1 aromatic carbocycles. The molecule has 0 saturated carbocycles. The smallest absolute Gasteiger partial charge is 0.230 e. The fourth-order valence-electron chi connectivity index (χ4n) is 4.78. The minimum Gasteiger partial charge on any atom is -0.381 e. The number of carbonyl (C=O) groups excluding carboxylic acids is 1. The molecule has 2 aliphatic rings. The van der Waals surface area contributed by atoms with E-state index in [1.807, 2.05) is 12.1 Å². The van der Waals surface area contributed by atoms with Crippen LogP contribution < -0.4 is 5.32 Å². The van der Waals surface area contributed by atoms with Crippen LogP contribution in [0.15, 0.2) is 28.7 Å². The monoisotopic (exact) mass is 436 g/mol. The van der Waals surface area contributed by atoms with Crippen molar-refractivity contribution in [3.63, 3.8) is 0 Å². The number of piperidine rings is 1. The topological polar surface area (TPSA) is 41.6 Å². The van der Waals surface area contributed by atoms with Crippen molar-refractivity contribution >= 4 is 21.8 Å². The van der Waals surface area contributed by atoms with E-state index in [-0.39, 0.29) is 5.91 Å². The second-order valence-corrected chi connectivity index (χ2v) is 9.43. The van der Waals surface area contributed by atoms with Gasteiger partial charge in [-0.1, -0.05) is 41.9 Å². The van der Waals surface area contributed by atoms with Crippen molar-refractivity contribution in [2.45, 2.75) is 44.9 Å². The van der Waals surface area contributed by atoms with Crippen LogP contribution in [0.25, 0.3) is 0 Å². The number of halogens is 1. The Balaban J connectivity index is 1.55. The molecule has 2 heterocycles. The van der Waals surface area contributed by atoms with Crippen LogP contribution in [0.4, 0.5) is 0 Å². The summed E-state index contributed by atoms with van der Waals surface area (Å²) in [5.74, 6) is 1.73. The molecule has 1 amide bonds. The molecule has 2 saturated heterocycles. The third-order valence-electron chi connectivity index (χ3n) is 6.06. The van der Waals surface area contributed by atoms with Gasteiger partial charge in [-0.3, -0.25) is 4.79 Å². The van der Waals surface area contributed by atoms with E-state index >= 15 is 0 Å². The average molecular weight is 437 g/mol. The zero-order valence-corrected chi connectivity index (χ0v) is 18.3. The molecule has 0 aliphatic carbocycles. The fourth-order valence-corrected chi connectivity index (χ4v) is 5.05. The van der Waals surface area contributed by atoms with E-state index in [2.05, 4.69) is 52.1 Å². The van der Waals surface area contributed by atoms with Gasteiger partial charge in [0.15, 0.2) is 0 Å². The van der Waals surface area contributed by atoms with Crippen LogP contribution in [-0.4, -0.2) is 50.2 Å². The Bertz CT molecular complexity index is 603. The van der Waals surface area contributed by atoms with E-state index in [9.17, 15) is 4.79 Å². The Morgan fingerprint density at radius 3 is 2.44 bits per heavy atom. The number of rotatable bonds is 6. The average Bonchev–Trinajstić information content (AvgIpc) is 2.65. The van der Waals surface area contributed by atoms with Crippen molar-refractivity contribution in [3.8, 4) is 0 Å². The Kier molecular flexibility index (Phi) is 7.35. The SMILES string of the molecule is CC1CC(C)CN(CCCNC(=O)C2(c3ccc(Br)cc3)CCOCC2)C1. The van der Waals surface area contributed by atoms with Crippen LogP contribution in [-0.2, 0) is 14.9 Å². The molecule has 5 heteroatoms. The molecule has 150 valence electrons. The number of hydrogen-bond acceptors (Lipinski definition) is 3. The lowest BCUT2D eigenvalue weighted by Gasteiger charge is -2.37. The molecule has 1 aromatic rings. The first-order valence-electron chi connectivity index (χ1n) is 10.3. The largest absolute Gasteiger partial charge is 0.381 e. The van der Waals surface area contributed by atoms with E-state index in [1.54, 1.807) is 0 Å². The van der Waals surface area contributed by atoms with Gasteiger partial charge in [-0.2, -0.15) is 0 Å². The van der Waals surface area contributed by atoms with E-state index in [1.165, 1.54) is 19.5 Å². The summed E-state index contributed by atoms with van der Waals surface area (Å²) in [7, 11) is 0. The first kappa shape index (κ1) is 20.8. The maximum Gasteiger partial charge on any atom is 0.230 e. The molecule has 3 rings (SSSR count). The second kappa shape index (κ2) is 9.53. The molecule has 0 aromatic heterocycles. The van der Waals surface area contributed by atoms with Crippen molar-refractivity contribution in [2.75, 3.05) is 39.4 Å². The zero-order chi connectivity index (χ0) is 19.3. The van der Waals surface area contributed by atoms with Crippen LogP contribution in [0, 0.1) is 11.8 Å². The van der Waals surface area contributed by atoms with Crippen molar-refractivity contribution < 1.29 is 9.53 Å². The Hall–Kier alpha value is -0.910. The fraction of sp³-hybridized carbons (Fsp3) is 0.682. The Labute approximate surface area is 172 Å². The number of nitrogens with zero attached hydrogens (tertiary/aromatic N) is 1. The summed E-state index contributed by atoms with van der Waals surface area (Å²) in [6.07, 6.45) is 3.85. The van der Waals surface area contributed by atoms with Gasteiger partial charge in [-0.15, -0.1) is 0 Å². The molecule has 1 N–H and O–H groups in total. The highest BCUT2D eigenvalue weighted by atomic mass is 79.9. The van der Waals surface area contributed by atoms with Gasteiger partial charge < -0.3 is 15.0 Å². The number of benzene rings is 1. The number of nitrogens with one attached hydrogen (secondary N) is 1. The number of carbonyl (C=O) groups is 1. The molecule has 27 heavy (non-hydrogen) atoms. The number of likely N-dealkylation sites (tertiary alicyclic amines) is 1. The van der Waals surface area contributed by atoms with Crippen LogP contribution in [0.3, 0.4) is 0 Å². The molecule has 0 bridgehead atoms. The van der Waals surface area contributed by atoms with E-state index in [4.69, 9.17) is 4.74 Å². The predicted octanol–water partition coefficient (Wildman–Crippen LogP) is 3.98. The standard InChI is InChI=1S/C22H33BrN2O2/c1-17-14-18(2)16-25(15-17)11-3-10-24-21(26)22(8-12-27-13-9-22)19-4-6-20(23)7-5-19/h4-7,17-18H,3,8-16H2,1-2H3,(H,24,26). The third kappa shape index (κ3) is 5.33. The molecule has 0 radical (unpaired) electrons. The van der Waals surface area contributed by atoms with Gasteiger partial charge in [0, 0.05) is 37.3 Å². The molecule has 2 atom stereocenters. The van der Waals surface area contributed by atoms with Crippen molar-refractivity contribution in [1.29, 1.82) is 0 Å². The van der Waals surface area contributed by atoms with Gasteiger partial charge in [0.2, 0.25) is 5.91 Å². The molecule has 2 unspecified atom stereocenters. The quantitative estimate of drug-likeness (QED) is 0.685. The van der Waals surface area contributed by atoms with Crippen molar-refractivity contribution in [3.05, 3.63) is 34.3 Å². The van der Waals surface area contributed by atoms with Crippen molar-refractivity contribution in [2.24, 2.45) is 11.8 Å². The van der Waals surface area contributed by atoms with E-state index in [0.29, 0.717) is 13.2 Å². The maximum absolute atomic E-state index is 13.2. The summed E-state index contributed by atoms with van der Waals surface area (Å²) in [6.45, 7) is 10.2. The lowest BCUT2D eigenvalue weighted by Crippen LogP contribution is -2.48. The lowest BCUT2D eigenvalue weighted by atomic mass is 9.73. The Morgan fingerprint density at radius 1 is 1.19 bits per heavy atom. The highest BCUT2D eigenvalue weighted by Gasteiger charge is 2.41. The van der Waals surface area contributed by atoms with Crippen molar-refractivity contribution in [1.82, 2.24) is 10.2 Å². The van der Waals surface area contributed by atoms with Crippen LogP contribution >= 0.6 is 15.9 Å². The summed E-state index contributed by atoms with van der Waals surface area (Å²) in [5, 5.41) is 3.24. The molecule has 4 nitrogen and oxygen atoms in total. The molecule has 2 aliphatic heterocycles. The molecular formula is C22H33BrN2O2. The van der Waals surface area contributed by atoms with Crippen LogP contribution in [0.2, 0.25) is 0 Å². The predicted molar refractivity (Wildman–Crippen MR) is 113 cm³/mol. The summed E-state index contributed by atoms with van der Waals surface area (Å²) in [4.78, 5) is 15.7. The van der Waals surface area contributed by atoms with E-state index < -0.39 is 5.41 Å².